The highest BCUT2D eigenvalue weighted by molar-refractivity contribution is 7.94. The summed E-state index contributed by atoms with van der Waals surface area (Å²) in [6.45, 7) is 4.44. The number of benzene rings is 2. The zero-order valence-corrected chi connectivity index (χ0v) is 17.9. The van der Waals surface area contributed by atoms with Gasteiger partial charge in [0.15, 0.2) is 9.73 Å². The molecule has 1 atom stereocenters. The van der Waals surface area contributed by atoms with Crippen LogP contribution in [0.25, 0.3) is 0 Å². The van der Waals surface area contributed by atoms with Crippen molar-refractivity contribution in [3.63, 3.8) is 0 Å². The molecule has 29 heavy (non-hydrogen) atoms. The van der Waals surface area contributed by atoms with E-state index in [-0.39, 0.29) is 16.5 Å². The molecule has 0 aliphatic heterocycles. The number of hydrogen-bond acceptors (Lipinski definition) is 4. The molecular weight excluding hydrogens is 427 g/mol. The molecule has 0 radical (unpaired) electrons. The van der Waals surface area contributed by atoms with E-state index in [2.05, 4.69) is 9.36 Å². The van der Waals surface area contributed by atoms with Crippen LogP contribution < -0.4 is 4.74 Å². The van der Waals surface area contributed by atoms with Gasteiger partial charge in [-0.05, 0) is 37.6 Å². The molecule has 0 N–H and O–H groups in total. The fourth-order valence-corrected chi connectivity index (χ4v) is 3.81. The van der Waals surface area contributed by atoms with Crippen LogP contribution in [-0.4, -0.2) is 41.6 Å². The molecule has 0 spiro atoms. The number of aryl methyl sites for hydroxylation is 1. The average Bonchev–Trinajstić information content (AvgIpc) is 2.68. The van der Waals surface area contributed by atoms with Crippen LogP contribution in [0.15, 0.2) is 50.6 Å². The molecular formula is C19H21ClF3N3O2S. The molecule has 2 rings (SSSR count). The van der Waals surface area contributed by atoms with E-state index in [4.69, 9.17) is 16.3 Å². The van der Waals surface area contributed by atoms with Gasteiger partial charge in [-0.25, -0.2) is 13.6 Å². The van der Waals surface area contributed by atoms with Crippen molar-refractivity contribution in [1.82, 2.24) is 4.90 Å². The number of ether oxygens (including phenoxy) is 1. The predicted molar refractivity (Wildman–Crippen MR) is 110 cm³/mol. The first-order chi connectivity index (χ1) is 13.5. The Kier molecular flexibility index (Phi) is 7.18. The van der Waals surface area contributed by atoms with E-state index < -0.39 is 20.1 Å². The molecule has 0 bridgehead atoms. The molecule has 0 fully saturated rings. The molecule has 5 nitrogen and oxygen atoms in total. The van der Waals surface area contributed by atoms with Gasteiger partial charge in [-0.3, -0.25) is 0 Å². The highest BCUT2D eigenvalue weighted by atomic mass is 35.5. The van der Waals surface area contributed by atoms with Crippen molar-refractivity contribution in [2.75, 3.05) is 20.6 Å². The lowest BCUT2D eigenvalue weighted by Crippen LogP contribution is -2.23. The first kappa shape index (κ1) is 23.0. The maximum absolute atomic E-state index is 13.4. The number of rotatable bonds is 6. The minimum atomic E-state index is -5.04. The summed E-state index contributed by atoms with van der Waals surface area (Å²) >= 11 is 6.26. The maximum atomic E-state index is 13.4. The fourth-order valence-electron chi connectivity index (χ4n) is 2.31. The van der Waals surface area contributed by atoms with Crippen molar-refractivity contribution in [3.8, 4) is 11.5 Å². The molecule has 2 aromatic rings. The second-order valence-corrected chi connectivity index (χ2v) is 8.82. The largest absolute Gasteiger partial charge is 0.483 e. The van der Waals surface area contributed by atoms with Crippen molar-refractivity contribution in [2.45, 2.75) is 24.3 Å². The molecule has 0 saturated carbocycles. The van der Waals surface area contributed by atoms with Crippen molar-refractivity contribution < 1.29 is 22.1 Å². The molecule has 0 aliphatic rings. The minimum Gasteiger partial charge on any atom is -0.456 e. The van der Waals surface area contributed by atoms with Gasteiger partial charge in [-0.1, -0.05) is 23.7 Å². The number of halogens is 4. The van der Waals surface area contributed by atoms with Crippen molar-refractivity contribution >= 4 is 33.4 Å². The molecule has 0 amide bonds. The van der Waals surface area contributed by atoms with Crippen LogP contribution in [0.3, 0.4) is 0 Å². The van der Waals surface area contributed by atoms with Crippen LogP contribution >= 0.6 is 11.6 Å². The third kappa shape index (κ3) is 5.02. The average molecular weight is 448 g/mol. The molecule has 0 aliphatic carbocycles. The van der Waals surface area contributed by atoms with Crippen LogP contribution in [0, 0.1) is 6.92 Å². The standard InChI is InChI=1S/C19H21ClF3N3O2S/c1-5-26(4)12-25-15-10-13(2)17(11-14(15)20)28-16-8-6-7-9-18(16)29(27,24-3)19(21,22)23/h6-12H,5H2,1-4H3. The summed E-state index contributed by atoms with van der Waals surface area (Å²) in [4.78, 5) is 5.60. The van der Waals surface area contributed by atoms with Gasteiger partial charge < -0.3 is 9.64 Å². The van der Waals surface area contributed by atoms with Crippen molar-refractivity contribution in [3.05, 3.63) is 47.0 Å². The Morgan fingerprint density at radius 3 is 2.48 bits per heavy atom. The Morgan fingerprint density at radius 2 is 1.90 bits per heavy atom. The zero-order chi connectivity index (χ0) is 21.8. The summed E-state index contributed by atoms with van der Waals surface area (Å²) in [7, 11) is -1.96. The van der Waals surface area contributed by atoms with E-state index >= 15 is 0 Å². The van der Waals surface area contributed by atoms with E-state index in [9.17, 15) is 17.4 Å². The second-order valence-electron chi connectivity index (χ2n) is 6.09. The molecule has 10 heteroatoms. The van der Waals surface area contributed by atoms with E-state index in [1.165, 1.54) is 24.3 Å². The monoisotopic (exact) mass is 447 g/mol. The first-order valence-electron chi connectivity index (χ1n) is 8.56. The van der Waals surface area contributed by atoms with Gasteiger partial charge in [-0.15, -0.1) is 0 Å². The lowest BCUT2D eigenvalue weighted by atomic mass is 10.2. The van der Waals surface area contributed by atoms with Gasteiger partial charge in [0.1, 0.15) is 11.5 Å². The maximum Gasteiger partial charge on any atom is 0.483 e. The second kappa shape index (κ2) is 9.04. The van der Waals surface area contributed by atoms with Gasteiger partial charge in [0.05, 0.1) is 21.9 Å². The summed E-state index contributed by atoms with van der Waals surface area (Å²) in [5.74, 6) is 0.0202. The van der Waals surface area contributed by atoms with Crippen molar-refractivity contribution in [1.29, 1.82) is 0 Å². The van der Waals surface area contributed by atoms with Gasteiger partial charge in [0.2, 0.25) is 0 Å². The number of aliphatic imine (C=N–C) groups is 1. The Hall–Kier alpha value is -2.26. The van der Waals surface area contributed by atoms with Gasteiger partial charge >= 0.3 is 5.51 Å². The third-order valence-corrected chi connectivity index (χ3v) is 6.45. The smallest absolute Gasteiger partial charge is 0.456 e. The van der Waals surface area contributed by atoms with Crippen LogP contribution in [0.5, 0.6) is 11.5 Å². The number of hydrogen-bond donors (Lipinski definition) is 0. The van der Waals surface area contributed by atoms with Crippen LogP contribution in [0.1, 0.15) is 12.5 Å². The summed E-state index contributed by atoms with van der Waals surface area (Å²) in [5.41, 5.74) is -3.95. The van der Waals surface area contributed by atoms with Crippen LogP contribution in [0.4, 0.5) is 18.9 Å². The number of para-hydroxylation sites is 1. The molecule has 0 saturated heterocycles. The minimum absolute atomic E-state index is 0.207. The SMILES string of the molecule is CCN(C)C=Nc1cc(C)c(Oc2ccccc2S(=O)(=NC)C(F)(F)F)cc1Cl. The van der Waals surface area contributed by atoms with Crippen LogP contribution in [0.2, 0.25) is 5.02 Å². The summed E-state index contributed by atoms with van der Waals surface area (Å²) in [6.07, 6.45) is 1.62. The number of alkyl halides is 3. The summed E-state index contributed by atoms with van der Waals surface area (Å²) < 4.78 is 61.6. The highest BCUT2D eigenvalue weighted by Crippen LogP contribution is 2.40. The topological polar surface area (TPSA) is 54.3 Å². The molecule has 2 aromatic carbocycles. The van der Waals surface area contributed by atoms with Crippen molar-refractivity contribution in [2.24, 2.45) is 9.36 Å². The summed E-state index contributed by atoms with van der Waals surface area (Å²) in [6, 6.07) is 8.35. The Bertz CT molecular complexity index is 1030. The van der Waals surface area contributed by atoms with Gasteiger partial charge in [0, 0.05) is 26.7 Å². The van der Waals surface area contributed by atoms with Gasteiger partial charge in [0.25, 0.3) is 0 Å². The molecule has 1 unspecified atom stereocenters. The molecule has 158 valence electrons. The first-order valence-corrected chi connectivity index (χ1v) is 10.5. The highest BCUT2D eigenvalue weighted by Gasteiger charge is 2.45. The Labute approximate surface area is 173 Å². The lowest BCUT2D eigenvalue weighted by molar-refractivity contribution is -0.0404. The molecule has 0 aromatic heterocycles. The van der Waals surface area contributed by atoms with E-state index in [1.807, 2.05) is 18.9 Å². The Balaban J connectivity index is 2.48. The normalized spacial score (nSPS) is 13.9. The van der Waals surface area contributed by atoms with E-state index in [0.717, 1.165) is 19.7 Å². The fraction of sp³-hybridized carbons (Fsp3) is 0.316. The number of nitrogens with zero attached hydrogens (tertiary/aromatic N) is 3. The third-order valence-electron chi connectivity index (χ3n) is 4.08. The van der Waals surface area contributed by atoms with Crippen LogP contribution in [-0.2, 0) is 9.73 Å². The Morgan fingerprint density at radius 1 is 1.24 bits per heavy atom. The lowest BCUT2D eigenvalue weighted by Gasteiger charge is -2.18. The zero-order valence-electron chi connectivity index (χ0n) is 16.3. The summed E-state index contributed by atoms with van der Waals surface area (Å²) in [5, 5.41) is 0.264. The molecule has 0 heterocycles. The predicted octanol–water partition coefficient (Wildman–Crippen LogP) is 6.03. The quantitative estimate of drug-likeness (QED) is 0.401. The van der Waals surface area contributed by atoms with Gasteiger partial charge in [-0.2, -0.15) is 13.2 Å². The van der Waals surface area contributed by atoms with E-state index in [0.29, 0.717) is 11.3 Å². The van der Waals surface area contributed by atoms with E-state index in [1.54, 1.807) is 19.3 Å².